The maximum absolute atomic E-state index is 13.3. The van der Waals surface area contributed by atoms with Gasteiger partial charge in [0.15, 0.2) is 34.7 Å². The summed E-state index contributed by atoms with van der Waals surface area (Å²) in [6.45, 7) is 4.60. The summed E-state index contributed by atoms with van der Waals surface area (Å²) in [5.41, 5.74) is 1.14. The summed E-state index contributed by atoms with van der Waals surface area (Å²) >= 11 is 0. The van der Waals surface area contributed by atoms with Crippen LogP contribution in [0.5, 0.6) is 0 Å². The molecule has 7 nitrogen and oxygen atoms in total. The van der Waals surface area contributed by atoms with Crippen LogP contribution in [0.3, 0.4) is 0 Å². The number of hydrogen-bond acceptors (Lipinski definition) is 7. The van der Waals surface area contributed by atoms with Gasteiger partial charge in [0.2, 0.25) is 0 Å². The van der Waals surface area contributed by atoms with Crippen LogP contribution in [-0.2, 0) is 14.4 Å². The minimum absolute atomic E-state index is 0.379. The van der Waals surface area contributed by atoms with Crippen molar-refractivity contribution in [3.05, 3.63) is 108 Å². The number of nitrogens with zero attached hydrogens (tertiary/aromatic N) is 1. The summed E-state index contributed by atoms with van der Waals surface area (Å²) in [6.07, 6.45) is -1.26. The van der Waals surface area contributed by atoms with Crippen molar-refractivity contribution in [1.82, 2.24) is 4.90 Å². The molecule has 0 N–H and O–H groups in total. The molecule has 3 unspecified atom stereocenters. The monoisotopic (exact) mass is 539 g/mol. The molecule has 0 bridgehead atoms. The predicted molar refractivity (Wildman–Crippen MR) is 151 cm³/mol. The van der Waals surface area contributed by atoms with Gasteiger partial charge in [0.25, 0.3) is 0 Å². The molecule has 0 radical (unpaired) electrons. The van der Waals surface area contributed by atoms with Crippen molar-refractivity contribution in [1.29, 1.82) is 0 Å². The van der Waals surface area contributed by atoms with E-state index in [0.29, 0.717) is 16.7 Å². The molecular weight excluding hydrogens is 506 g/mol. The fourth-order valence-electron chi connectivity index (χ4n) is 4.60. The minimum atomic E-state index is -1.01. The van der Waals surface area contributed by atoms with Crippen LogP contribution in [0, 0.1) is 0 Å². The van der Waals surface area contributed by atoms with E-state index < -0.39 is 54.7 Å². The summed E-state index contributed by atoms with van der Waals surface area (Å²) in [4.78, 5) is 79.5. The van der Waals surface area contributed by atoms with Gasteiger partial charge in [-0.15, -0.1) is 0 Å². The molecule has 3 rings (SSSR count). The van der Waals surface area contributed by atoms with Crippen LogP contribution in [-0.4, -0.2) is 57.7 Å². The molecule has 0 aliphatic heterocycles. The van der Waals surface area contributed by atoms with Gasteiger partial charge in [-0.25, -0.2) is 0 Å². The topological polar surface area (TPSA) is 106 Å². The van der Waals surface area contributed by atoms with Crippen molar-refractivity contribution in [2.24, 2.45) is 0 Å². The summed E-state index contributed by atoms with van der Waals surface area (Å²) < 4.78 is 0. The highest BCUT2D eigenvalue weighted by atomic mass is 16.2. The molecule has 0 amide bonds. The smallest absolute Gasteiger partial charge is 0.170 e. The first-order chi connectivity index (χ1) is 19.1. The van der Waals surface area contributed by atoms with Gasteiger partial charge in [-0.05, 0) is 20.8 Å². The van der Waals surface area contributed by atoms with Gasteiger partial charge in [-0.2, -0.15) is 0 Å². The zero-order chi connectivity index (χ0) is 29.2. The van der Waals surface area contributed by atoms with Gasteiger partial charge in [0.1, 0.15) is 0 Å². The number of carbonyl (C=O) groups is 6. The number of carbonyl (C=O) groups excluding carboxylic acids is 6. The Hall–Kier alpha value is -4.36. The standard InChI is InChI=1S/C33H33NO6/c1-22(28(35)19-31(38)25-13-7-4-8-14-25)34(23(2)29(36)20-32(39)26-15-9-5-10-16-26)24(3)30(37)21-33(40)27-17-11-6-12-18-27/h4-18,22-24H,19-21H2,1-3H3. The van der Waals surface area contributed by atoms with Gasteiger partial charge >= 0.3 is 0 Å². The number of ketones is 6. The van der Waals surface area contributed by atoms with Crippen molar-refractivity contribution in [2.45, 2.75) is 58.2 Å². The molecule has 3 atom stereocenters. The molecule has 0 aromatic heterocycles. The lowest BCUT2D eigenvalue weighted by molar-refractivity contribution is -0.134. The van der Waals surface area contributed by atoms with E-state index in [0.717, 1.165) is 0 Å². The molecule has 0 fully saturated rings. The molecule has 0 saturated heterocycles. The lowest BCUT2D eigenvalue weighted by atomic mass is 9.94. The zero-order valence-corrected chi connectivity index (χ0v) is 22.9. The molecule has 0 spiro atoms. The van der Waals surface area contributed by atoms with Crippen LogP contribution in [0.15, 0.2) is 91.0 Å². The molecular formula is C33H33NO6. The quantitative estimate of drug-likeness (QED) is 0.198. The molecule has 0 heterocycles. The normalized spacial score (nSPS) is 13.2. The number of hydrogen-bond donors (Lipinski definition) is 0. The molecule has 3 aromatic rings. The number of rotatable bonds is 15. The Bertz CT molecular complexity index is 1200. The van der Waals surface area contributed by atoms with Crippen molar-refractivity contribution in [3.63, 3.8) is 0 Å². The number of Topliss-reactive ketones (excluding diaryl/α,β-unsaturated/α-hetero) is 6. The Kier molecular flexibility index (Phi) is 10.7. The van der Waals surface area contributed by atoms with E-state index in [1.807, 2.05) is 0 Å². The third kappa shape index (κ3) is 7.83. The first-order valence-corrected chi connectivity index (χ1v) is 13.2. The maximum atomic E-state index is 13.3. The van der Waals surface area contributed by atoms with Gasteiger partial charge in [-0.1, -0.05) is 91.0 Å². The third-order valence-electron chi connectivity index (χ3n) is 7.03. The second kappa shape index (κ2) is 14.1. The Balaban J connectivity index is 1.82. The van der Waals surface area contributed by atoms with Gasteiger partial charge in [-0.3, -0.25) is 33.7 Å². The van der Waals surface area contributed by atoms with Gasteiger partial charge in [0, 0.05) is 16.7 Å². The Morgan fingerprint density at radius 1 is 0.450 bits per heavy atom. The van der Waals surface area contributed by atoms with E-state index in [4.69, 9.17) is 0 Å². The zero-order valence-electron chi connectivity index (χ0n) is 22.9. The van der Waals surface area contributed by atoms with Crippen LogP contribution in [0.4, 0.5) is 0 Å². The van der Waals surface area contributed by atoms with E-state index >= 15 is 0 Å². The molecule has 206 valence electrons. The van der Waals surface area contributed by atoms with Crippen LogP contribution >= 0.6 is 0 Å². The third-order valence-corrected chi connectivity index (χ3v) is 7.03. The second-order valence-corrected chi connectivity index (χ2v) is 9.77. The van der Waals surface area contributed by atoms with Crippen LogP contribution in [0.1, 0.15) is 71.1 Å². The SMILES string of the molecule is CC(C(=O)CC(=O)c1ccccc1)N(C(C)C(=O)CC(=O)c1ccccc1)C(C)C(=O)CC(=O)c1ccccc1. The second-order valence-electron chi connectivity index (χ2n) is 9.77. The molecule has 0 aliphatic carbocycles. The van der Waals surface area contributed by atoms with Crippen LogP contribution < -0.4 is 0 Å². The van der Waals surface area contributed by atoms with Crippen molar-refractivity contribution in [2.75, 3.05) is 0 Å². The van der Waals surface area contributed by atoms with E-state index in [1.54, 1.807) is 91.0 Å². The Morgan fingerprint density at radius 2 is 0.675 bits per heavy atom. The van der Waals surface area contributed by atoms with E-state index in [1.165, 1.54) is 25.7 Å². The van der Waals surface area contributed by atoms with Crippen molar-refractivity contribution in [3.8, 4) is 0 Å². The lowest BCUT2D eigenvalue weighted by Crippen LogP contribution is -2.55. The predicted octanol–water partition coefficient (Wildman–Crippen LogP) is 4.98. The Morgan fingerprint density at radius 3 is 0.900 bits per heavy atom. The van der Waals surface area contributed by atoms with E-state index in [9.17, 15) is 28.8 Å². The number of benzene rings is 3. The van der Waals surface area contributed by atoms with E-state index in [-0.39, 0.29) is 17.3 Å². The summed E-state index contributed by atoms with van der Waals surface area (Å²) in [7, 11) is 0. The molecule has 0 aliphatic rings. The first-order valence-electron chi connectivity index (χ1n) is 13.2. The average Bonchev–Trinajstić information content (AvgIpc) is 2.98. The van der Waals surface area contributed by atoms with Crippen molar-refractivity contribution >= 4 is 34.7 Å². The highest BCUT2D eigenvalue weighted by Gasteiger charge is 2.37. The lowest BCUT2D eigenvalue weighted by Gasteiger charge is -2.37. The first kappa shape index (κ1) is 30.2. The average molecular weight is 540 g/mol. The fourth-order valence-corrected chi connectivity index (χ4v) is 4.60. The summed E-state index contributed by atoms with van der Waals surface area (Å²) in [5, 5.41) is 0. The summed E-state index contributed by atoms with van der Waals surface area (Å²) in [5.74, 6) is -2.57. The molecule has 0 saturated carbocycles. The van der Waals surface area contributed by atoms with Gasteiger partial charge in [0.05, 0.1) is 37.4 Å². The van der Waals surface area contributed by atoms with Crippen molar-refractivity contribution < 1.29 is 28.8 Å². The maximum Gasteiger partial charge on any atom is 0.170 e. The molecule has 3 aromatic carbocycles. The summed E-state index contributed by atoms with van der Waals surface area (Å²) in [6, 6.07) is 22.1. The van der Waals surface area contributed by atoms with E-state index in [2.05, 4.69) is 0 Å². The highest BCUT2D eigenvalue weighted by Crippen LogP contribution is 2.20. The Labute approximate surface area is 234 Å². The van der Waals surface area contributed by atoms with Gasteiger partial charge < -0.3 is 0 Å². The largest absolute Gasteiger partial charge is 0.297 e. The highest BCUT2D eigenvalue weighted by molar-refractivity contribution is 6.12. The van der Waals surface area contributed by atoms with Crippen LogP contribution in [0.25, 0.3) is 0 Å². The fraction of sp³-hybridized carbons (Fsp3) is 0.273. The molecule has 40 heavy (non-hydrogen) atoms. The van der Waals surface area contributed by atoms with Crippen LogP contribution in [0.2, 0.25) is 0 Å². The molecule has 7 heteroatoms. The minimum Gasteiger partial charge on any atom is -0.297 e.